The number of amides is 2. The lowest BCUT2D eigenvalue weighted by atomic mass is 10.1. The second-order valence-corrected chi connectivity index (χ2v) is 5.44. The molecule has 0 spiro atoms. The molecule has 0 fully saturated rings. The van der Waals surface area contributed by atoms with Crippen LogP contribution in [0.15, 0.2) is 22.7 Å². The Kier molecular flexibility index (Phi) is 4.34. The van der Waals surface area contributed by atoms with Crippen molar-refractivity contribution < 1.29 is 14.7 Å². The highest BCUT2D eigenvalue weighted by Gasteiger charge is 2.28. The lowest BCUT2D eigenvalue weighted by Gasteiger charge is -2.21. The molecule has 1 aromatic rings. The molecule has 0 aliphatic heterocycles. The molecular weight excluding hydrogens is 300 g/mol. The van der Waals surface area contributed by atoms with Gasteiger partial charge in [-0.1, -0.05) is 15.9 Å². The molecule has 0 saturated heterocycles. The van der Waals surface area contributed by atoms with Gasteiger partial charge < -0.3 is 15.7 Å². The summed E-state index contributed by atoms with van der Waals surface area (Å²) in [5.41, 5.74) is 0.267. The van der Waals surface area contributed by atoms with Crippen LogP contribution in [0.3, 0.4) is 0 Å². The highest BCUT2D eigenvalue weighted by Crippen LogP contribution is 2.19. The SMILES string of the molecule is Cc1cc(Br)cc(NC(=O)NC(C)(C)C(=O)O)c1. The van der Waals surface area contributed by atoms with Crippen LogP contribution in [0.2, 0.25) is 0 Å². The van der Waals surface area contributed by atoms with Crippen LogP contribution in [0.4, 0.5) is 10.5 Å². The van der Waals surface area contributed by atoms with E-state index in [0.29, 0.717) is 5.69 Å². The van der Waals surface area contributed by atoms with Gasteiger partial charge in [-0.3, -0.25) is 0 Å². The van der Waals surface area contributed by atoms with Crippen molar-refractivity contribution in [1.82, 2.24) is 5.32 Å². The fourth-order valence-corrected chi connectivity index (χ4v) is 1.92. The predicted molar refractivity (Wildman–Crippen MR) is 72.7 cm³/mol. The number of carbonyl (C=O) groups excluding carboxylic acids is 1. The number of aryl methyl sites for hydroxylation is 1. The van der Waals surface area contributed by atoms with Gasteiger partial charge in [0.1, 0.15) is 5.54 Å². The van der Waals surface area contributed by atoms with E-state index in [1.54, 1.807) is 12.1 Å². The van der Waals surface area contributed by atoms with Gasteiger partial charge in [0.15, 0.2) is 0 Å². The number of nitrogens with one attached hydrogen (secondary N) is 2. The molecule has 0 unspecified atom stereocenters. The zero-order chi connectivity index (χ0) is 13.9. The summed E-state index contributed by atoms with van der Waals surface area (Å²) in [6, 6.07) is 4.88. The summed E-state index contributed by atoms with van der Waals surface area (Å²) >= 11 is 3.32. The number of hydrogen-bond donors (Lipinski definition) is 3. The van der Waals surface area contributed by atoms with E-state index in [1.807, 2.05) is 13.0 Å². The maximum Gasteiger partial charge on any atom is 0.328 e. The van der Waals surface area contributed by atoms with Gasteiger partial charge in [0.25, 0.3) is 0 Å². The van der Waals surface area contributed by atoms with Gasteiger partial charge in [0, 0.05) is 10.2 Å². The van der Waals surface area contributed by atoms with E-state index in [0.717, 1.165) is 10.0 Å². The normalized spacial score (nSPS) is 10.9. The molecule has 5 nitrogen and oxygen atoms in total. The first-order chi connectivity index (χ1) is 8.20. The number of urea groups is 1. The van der Waals surface area contributed by atoms with Gasteiger partial charge in [-0.2, -0.15) is 0 Å². The average Bonchev–Trinajstić information content (AvgIpc) is 2.13. The largest absolute Gasteiger partial charge is 0.480 e. The topological polar surface area (TPSA) is 78.4 Å². The third-order valence-corrected chi connectivity index (χ3v) is 2.72. The Morgan fingerprint density at radius 2 is 1.89 bits per heavy atom. The van der Waals surface area contributed by atoms with Crippen LogP contribution in [0.5, 0.6) is 0 Å². The number of halogens is 1. The van der Waals surface area contributed by atoms with Crippen LogP contribution in [0.1, 0.15) is 19.4 Å². The van der Waals surface area contributed by atoms with E-state index in [-0.39, 0.29) is 0 Å². The van der Waals surface area contributed by atoms with Gasteiger partial charge in [0.05, 0.1) is 0 Å². The Balaban J connectivity index is 2.73. The fourth-order valence-electron chi connectivity index (χ4n) is 1.31. The minimum atomic E-state index is -1.31. The summed E-state index contributed by atoms with van der Waals surface area (Å²) < 4.78 is 0.843. The zero-order valence-corrected chi connectivity index (χ0v) is 12.0. The van der Waals surface area contributed by atoms with Gasteiger partial charge >= 0.3 is 12.0 Å². The summed E-state index contributed by atoms with van der Waals surface area (Å²) in [5.74, 6) is -1.09. The smallest absolute Gasteiger partial charge is 0.328 e. The first kappa shape index (κ1) is 14.5. The van der Waals surface area contributed by atoms with E-state index in [1.165, 1.54) is 13.8 Å². The van der Waals surface area contributed by atoms with E-state index in [9.17, 15) is 9.59 Å². The van der Waals surface area contributed by atoms with Crippen LogP contribution in [0, 0.1) is 6.92 Å². The summed E-state index contributed by atoms with van der Waals surface area (Å²) in [5, 5.41) is 13.9. The molecule has 3 N–H and O–H groups in total. The number of anilines is 1. The first-order valence-electron chi connectivity index (χ1n) is 5.30. The fraction of sp³-hybridized carbons (Fsp3) is 0.333. The van der Waals surface area contributed by atoms with E-state index in [4.69, 9.17) is 5.11 Å². The zero-order valence-electron chi connectivity index (χ0n) is 10.4. The number of carboxylic acids is 1. The van der Waals surface area contributed by atoms with Crippen molar-refractivity contribution in [1.29, 1.82) is 0 Å². The van der Waals surface area contributed by atoms with Crippen LogP contribution in [-0.2, 0) is 4.79 Å². The molecule has 0 aliphatic rings. The molecule has 18 heavy (non-hydrogen) atoms. The van der Waals surface area contributed by atoms with Crippen molar-refractivity contribution in [2.45, 2.75) is 26.3 Å². The molecule has 0 radical (unpaired) electrons. The second kappa shape index (κ2) is 5.39. The van der Waals surface area contributed by atoms with Crippen molar-refractivity contribution >= 4 is 33.6 Å². The highest BCUT2D eigenvalue weighted by atomic mass is 79.9. The third kappa shape index (κ3) is 4.03. The number of carbonyl (C=O) groups is 2. The lowest BCUT2D eigenvalue weighted by molar-refractivity contribution is -0.142. The Labute approximate surface area is 114 Å². The number of aliphatic carboxylic acids is 1. The molecule has 0 aliphatic carbocycles. The molecule has 0 aromatic heterocycles. The summed E-state index contributed by atoms with van der Waals surface area (Å²) in [6.45, 7) is 4.73. The van der Waals surface area contributed by atoms with Gasteiger partial charge in [-0.05, 0) is 44.5 Å². The minimum absolute atomic E-state index is 0.556. The Morgan fingerprint density at radius 1 is 1.28 bits per heavy atom. The predicted octanol–water partition coefficient (Wildman–Crippen LogP) is 2.74. The number of benzene rings is 1. The molecule has 0 bridgehead atoms. The number of carboxylic acid groups (broad SMARTS) is 1. The molecule has 98 valence electrons. The maximum absolute atomic E-state index is 11.7. The standard InChI is InChI=1S/C12H15BrN2O3/c1-7-4-8(13)6-9(5-7)14-11(18)15-12(2,3)10(16)17/h4-6H,1-3H3,(H,16,17)(H2,14,15,18). The molecular formula is C12H15BrN2O3. The first-order valence-corrected chi connectivity index (χ1v) is 6.10. The van der Waals surface area contributed by atoms with Crippen molar-refractivity contribution in [2.24, 2.45) is 0 Å². The van der Waals surface area contributed by atoms with Crippen molar-refractivity contribution in [3.63, 3.8) is 0 Å². The van der Waals surface area contributed by atoms with Crippen molar-refractivity contribution in [2.75, 3.05) is 5.32 Å². The Bertz CT molecular complexity index is 466. The summed E-state index contributed by atoms with van der Waals surface area (Å²) in [4.78, 5) is 22.5. The van der Waals surface area contributed by atoms with Crippen molar-refractivity contribution in [3.8, 4) is 0 Å². The van der Waals surface area contributed by atoms with Gasteiger partial charge in [-0.25, -0.2) is 9.59 Å². The molecule has 6 heteroatoms. The minimum Gasteiger partial charge on any atom is -0.480 e. The Hall–Kier alpha value is -1.56. The quantitative estimate of drug-likeness (QED) is 0.802. The van der Waals surface area contributed by atoms with Crippen LogP contribution in [-0.4, -0.2) is 22.6 Å². The number of rotatable bonds is 3. The van der Waals surface area contributed by atoms with Crippen LogP contribution < -0.4 is 10.6 Å². The Morgan fingerprint density at radius 3 is 2.39 bits per heavy atom. The van der Waals surface area contributed by atoms with Crippen LogP contribution >= 0.6 is 15.9 Å². The third-order valence-electron chi connectivity index (χ3n) is 2.26. The van der Waals surface area contributed by atoms with Gasteiger partial charge in [-0.15, -0.1) is 0 Å². The van der Waals surface area contributed by atoms with E-state index < -0.39 is 17.5 Å². The highest BCUT2D eigenvalue weighted by molar-refractivity contribution is 9.10. The molecule has 1 aromatic carbocycles. The molecule has 0 saturated carbocycles. The van der Waals surface area contributed by atoms with E-state index in [2.05, 4.69) is 26.6 Å². The maximum atomic E-state index is 11.7. The van der Waals surface area contributed by atoms with E-state index >= 15 is 0 Å². The molecule has 2 amide bonds. The summed E-state index contributed by atoms with van der Waals surface area (Å²) in [6.07, 6.45) is 0. The van der Waals surface area contributed by atoms with Crippen molar-refractivity contribution in [3.05, 3.63) is 28.2 Å². The lowest BCUT2D eigenvalue weighted by Crippen LogP contribution is -2.51. The summed E-state index contributed by atoms with van der Waals surface area (Å²) in [7, 11) is 0. The molecule has 0 heterocycles. The molecule has 1 rings (SSSR count). The average molecular weight is 315 g/mol. The monoisotopic (exact) mass is 314 g/mol. The molecule has 0 atom stereocenters. The van der Waals surface area contributed by atoms with Gasteiger partial charge in [0.2, 0.25) is 0 Å². The number of hydrogen-bond acceptors (Lipinski definition) is 2. The second-order valence-electron chi connectivity index (χ2n) is 4.53. The van der Waals surface area contributed by atoms with Crippen LogP contribution in [0.25, 0.3) is 0 Å².